The van der Waals surface area contributed by atoms with Crippen LogP contribution in [0.15, 0.2) is 53.5 Å². The summed E-state index contributed by atoms with van der Waals surface area (Å²) in [5.41, 5.74) is 17.1. The van der Waals surface area contributed by atoms with Gasteiger partial charge >= 0.3 is 0 Å². The van der Waals surface area contributed by atoms with Crippen molar-refractivity contribution in [2.24, 2.45) is 16.5 Å². The number of nitrogens with two attached hydrogens (primary N) is 2. The lowest BCUT2D eigenvalue weighted by atomic mass is 9.86. The van der Waals surface area contributed by atoms with Crippen molar-refractivity contribution in [3.05, 3.63) is 65.4 Å². The first kappa shape index (κ1) is 14.1. The first-order valence-electron chi connectivity index (χ1n) is 8.25. The molecule has 6 nitrogen and oxygen atoms in total. The molecule has 0 radical (unpaired) electrons. The summed E-state index contributed by atoms with van der Waals surface area (Å²) in [5.74, 6) is -0.0599. The van der Waals surface area contributed by atoms with E-state index in [1.54, 1.807) is 0 Å². The number of primary amides is 1. The normalized spacial score (nSPS) is 21.3. The van der Waals surface area contributed by atoms with Gasteiger partial charge in [0.1, 0.15) is 12.1 Å². The van der Waals surface area contributed by atoms with Gasteiger partial charge in [-0.05, 0) is 17.7 Å². The topological polar surface area (TPSA) is 100 Å². The summed E-state index contributed by atoms with van der Waals surface area (Å²) < 4.78 is 0. The predicted octanol–water partition coefficient (Wildman–Crippen LogP) is 1.93. The predicted molar refractivity (Wildman–Crippen MR) is 96.4 cm³/mol. The molecule has 0 bridgehead atoms. The molecule has 0 aliphatic carbocycles. The Morgan fingerprint density at radius 1 is 1.16 bits per heavy atom. The molecule has 0 saturated heterocycles. The minimum Gasteiger partial charge on any atom is -0.369 e. The second-order valence-electron chi connectivity index (χ2n) is 6.52. The second-order valence-corrected chi connectivity index (χ2v) is 6.52. The van der Waals surface area contributed by atoms with Crippen molar-refractivity contribution in [1.82, 2.24) is 9.88 Å². The number of hydrogen-bond acceptors (Lipinski definition) is 4. The molecule has 3 aromatic rings. The molecule has 3 heterocycles. The van der Waals surface area contributed by atoms with Gasteiger partial charge in [0.15, 0.2) is 5.96 Å². The lowest BCUT2D eigenvalue weighted by Gasteiger charge is -2.43. The molecule has 1 aromatic heterocycles. The van der Waals surface area contributed by atoms with Crippen LogP contribution in [0.2, 0.25) is 0 Å². The Hall–Kier alpha value is -3.28. The van der Waals surface area contributed by atoms with Crippen LogP contribution in [0.5, 0.6) is 0 Å². The number of amides is 1. The fourth-order valence-electron chi connectivity index (χ4n) is 4.12. The van der Waals surface area contributed by atoms with Crippen LogP contribution in [-0.2, 0) is 11.2 Å². The molecule has 5 N–H and O–H groups in total. The number of fused-ring (bicyclic) bond motifs is 7. The van der Waals surface area contributed by atoms with E-state index in [0.717, 1.165) is 33.4 Å². The zero-order valence-corrected chi connectivity index (χ0v) is 13.4. The molecule has 6 heteroatoms. The lowest BCUT2D eigenvalue weighted by molar-refractivity contribution is -0.122. The van der Waals surface area contributed by atoms with Gasteiger partial charge in [-0.1, -0.05) is 36.4 Å². The Kier molecular flexibility index (Phi) is 2.74. The molecule has 0 fully saturated rings. The van der Waals surface area contributed by atoms with Crippen LogP contribution < -0.4 is 11.5 Å². The number of nitrogens with zero attached hydrogens (tertiary/aromatic N) is 2. The third kappa shape index (κ3) is 1.85. The second kappa shape index (κ2) is 4.86. The Labute approximate surface area is 144 Å². The van der Waals surface area contributed by atoms with Crippen molar-refractivity contribution in [1.29, 1.82) is 0 Å². The maximum atomic E-state index is 12.2. The average molecular weight is 331 g/mol. The highest BCUT2D eigenvalue weighted by molar-refractivity contribution is 5.94. The molecule has 124 valence electrons. The number of hydrogen-bond donors (Lipinski definition) is 3. The van der Waals surface area contributed by atoms with Crippen LogP contribution in [0.1, 0.15) is 22.9 Å². The molecule has 0 spiro atoms. The Bertz CT molecular complexity index is 1050. The summed E-state index contributed by atoms with van der Waals surface area (Å²) in [6, 6.07) is 15.3. The summed E-state index contributed by atoms with van der Waals surface area (Å²) in [5, 5.41) is 1.13. The summed E-state index contributed by atoms with van der Waals surface area (Å²) in [6.45, 7) is 0. The third-order valence-electron chi connectivity index (χ3n) is 5.19. The number of aromatic nitrogens is 1. The fourth-order valence-corrected chi connectivity index (χ4v) is 4.12. The Morgan fingerprint density at radius 3 is 2.76 bits per heavy atom. The lowest BCUT2D eigenvalue weighted by Crippen LogP contribution is -2.56. The number of aromatic amines is 1. The highest BCUT2D eigenvalue weighted by Gasteiger charge is 2.43. The average Bonchev–Trinajstić information content (AvgIpc) is 2.99. The van der Waals surface area contributed by atoms with Crippen LogP contribution in [-0.4, -0.2) is 27.8 Å². The molecule has 2 aliphatic rings. The molecule has 0 saturated carbocycles. The van der Waals surface area contributed by atoms with Crippen LogP contribution >= 0.6 is 0 Å². The summed E-state index contributed by atoms with van der Waals surface area (Å²) in [7, 11) is 0. The van der Waals surface area contributed by atoms with Crippen molar-refractivity contribution in [2.75, 3.05) is 0 Å². The zero-order valence-electron chi connectivity index (χ0n) is 13.4. The molecular formula is C19H17N5O. The number of rotatable bonds is 1. The highest BCUT2D eigenvalue weighted by Crippen LogP contribution is 2.45. The molecule has 1 unspecified atom stereocenters. The standard InChI is InChI=1S/C19H17N5O/c20-18(25)15-9-12-10-5-1-3-7-13(10)22-16(12)17-11-6-2-4-8-14(11)23-19(21)24(15)17/h1-8,15,17,22H,9H2,(H2,20,25)(H2,21,23)/t15-,17?/m0/s1. The van der Waals surface area contributed by atoms with E-state index in [4.69, 9.17) is 11.5 Å². The van der Waals surface area contributed by atoms with Gasteiger partial charge in [0.05, 0.1) is 5.69 Å². The van der Waals surface area contributed by atoms with E-state index in [9.17, 15) is 4.79 Å². The van der Waals surface area contributed by atoms with Crippen molar-refractivity contribution >= 4 is 28.5 Å². The molecular weight excluding hydrogens is 314 g/mol. The van der Waals surface area contributed by atoms with E-state index >= 15 is 0 Å². The number of carbonyl (C=O) groups excluding carboxylic acids is 1. The van der Waals surface area contributed by atoms with E-state index in [0.29, 0.717) is 12.4 Å². The van der Waals surface area contributed by atoms with Gasteiger partial charge in [0.2, 0.25) is 5.91 Å². The quantitative estimate of drug-likeness (QED) is 0.635. The van der Waals surface area contributed by atoms with E-state index in [1.807, 2.05) is 47.4 Å². The van der Waals surface area contributed by atoms with Gasteiger partial charge in [-0.2, -0.15) is 0 Å². The number of H-pyrrole nitrogens is 1. The van der Waals surface area contributed by atoms with E-state index < -0.39 is 11.9 Å². The number of benzene rings is 2. The molecule has 5 rings (SSSR count). The maximum absolute atomic E-state index is 12.2. The van der Waals surface area contributed by atoms with Crippen LogP contribution in [0.3, 0.4) is 0 Å². The molecule has 2 atom stereocenters. The molecule has 25 heavy (non-hydrogen) atoms. The number of guanidine groups is 1. The van der Waals surface area contributed by atoms with E-state index in [2.05, 4.69) is 16.0 Å². The minimum atomic E-state index is -0.520. The Morgan fingerprint density at radius 2 is 1.92 bits per heavy atom. The van der Waals surface area contributed by atoms with Crippen LogP contribution in [0.25, 0.3) is 10.9 Å². The maximum Gasteiger partial charge on any atom is 0.240 e. The highest BCUT2D eigenvalue weighted by atomic mass is 16.1. The van der Waals surface area contributed by atoms with Gasteiger partial charge < -0.3 is 21.4 Å². The van der Waals surface area contributed by atoms with Gasteiger partial charge in [0, 0.05) is 28.6 Å². The first-order chi connectivity index (χ1) is 12.1. The number of aliphatic imine (C=N–C) groups is 1. The van der Waals surface area contributed by atoms with Crippen molar-refractivity contribution in [3.8, 4) is 0 Å². The van der Waals surface area contributed by atoms with Gasteiger partial charge in [-0.3, -0.25) is 4.79 Å². The van der Waals surface area contributed by atoms with Gasteiger partial charge in [-0.25, -0.2) is 4.99 Å². The molecule has 2 aliphatic heterocycles. The molecule has 1 amide bonds. The van der Waals surface area contributed by atoms with Crippen molar-refractivity contribution in [3.63, 3.8) is 0 Å². The van der Waals surface area contributed by atoms with Crippen molar-refractivity contribution < 1.29 is 4.79 Å². The zero-order chi connectivity index (χ0) is 17.1. The number of carbonyl (C=O) groups is 1. The van der Waals surface area contributed by atoms with Crippen LogP contribution in [0.4, 0.5) is 5.69 Å². The third-order valence-corrected chi connectivity index (χ3v) is 5.19. The first-order valence-corrected chi connectivity index (χ1v) is 8.25. The smallest absolute Gasteiger partial charge is 0.240 e. The number of nitrogens with one attached hydrogen (secondary N) is 1. The summed E-state index contributed by atoms with van der Waals surface area (Å²) in [6.07, 6.45) is 0.517. The van der Waals surface area contributed by atoms with Crippen molar-refractivity contribution in [2.45, 2.75) is 18.5 Å². The summed E-state index contributed by atoms with van der Waals surface area (Å²) in [4.78, 5) is 22.1. The van der Waals surface area contributed by atoms with E-state index in [-0.39, 0.29) is 6.04 Å². The van der Waals surface area contributed by atoms with Gasteiger partial charge in [0.25, 0.3) is 0 Å². The largest absolute Gasteiger partial charge is 0.369 e. The SMILES string of the molecule is NC(=O)[C@@H]1Cc2c([nH]c3ccccc23)C2c3ccccc3N=C(N)N21. The van der Waals surface area contributed by atoms with Gasteiger partial charge in [-0.15, -0.1) is 0 Å². The fraction of sp³-hybridized carbons (Fsp3) is 0.158. The monoisotopic (exact) mass is 331 g/mol. The molecule has 2 aromatic carbocycles. The number of para-hydroxylation sites is 2. The van der Waals surface area contributed by atoms with E-state index in [1.165, 1.54) is 0 Å². The Balaban J connectivity index is 1.83. The minimum absolute atomic E-state index is 0.192. The van der Waals surface area contributed by atoms with Crippen LogP contribution in [0, 0.1) is 0 Å². The summed E-state index contributed by atoms with van der Waals surface area (Å²) >= 11 is 0.